The van der Waals surface area contributed by atoms with Gasteiger partial charge < -0.3 is 5.11 Å². The third kappa shape index (κ3) is 3.28. The summed E-state index contributed by atoms with van der Waals surface area (Å²) in [6.45, 7) is 3.27. The van der Waals surface area contributed by atoms with Crippen LogP contribution in [0.25, 0.3) is 0 Å². The molecule has 1 aromatic rings. The summed E-state index contributed by atoms with van der Waals surface area (Å²) in [6.07, 6.45) is 0.195. The molecule has 0 unspecified atom stereocenters. The van der Waals surface area contributed by atoms with Crippen molar-refractivity contribution in [2.24, 2.45) is 0 Å². The number of hydrogen-bond acceptors (Lipinski definition) is 3. The molecule has 0 heterocycles. The highest BCUT2D eigenvalue weighted by molar-refractivity contribution is 7.89. The van der Waals surface area contributed by atoms with Gasteiger partial charge in [-0.1, -0.05) is 25.1 Å². The number of carbonyl (C=O) groups is 1. The molecule has 1 rings (SSSR count). The molecule has 0 radical (unpaired) electrons. The monoisotopic (exact) mass is 257 g/mol. The maximum atomic E-state index is 12.0. The number of aliphatic carboxylic acids is 1. The number of carboxylic acid groups (broad SMARTS) is 1. The fourth-order valence-corrected chi connectivity index (χ4v) is 2.94. The number of benzene rings is 1. The predicted molar refractivity (Wildman–Crippen MR) is 63.2 cm³/mol. The molecule has 94 valence electrons. The highest BCUT2D eigenvalue weighted by Gasteiger charge is 2.24. The molecular formula is C11H15NO4S. The maximum Gasteiger partial charge on any atom is 0.321 e. The first kappa shape index (κ1) is 13.7. The molecule has 0 amide bonds. The molecule has 1 aromatic carbocycles. The summed E-state index contributed by atoms with van der Waals surface area (Å²) in [5.41, 5.74) is 0.584. The van der Waals surface area contributed by atoms with Crippen molar-refractivity contribution in [2.75, 3.05) is 0 Å². The Morgan fingerprint density at radius 1 is 1.41 bits per heavy atom. The van der Waals surface area contributed by atoms with Crippen LogP contribution >= 0.6 is 0 Å². The maximum absolute atomic E-state index is 12.0. The van der Waals surface area contributed by atoms with E-state index in [0.29, 0.717) is 5.56 Å². The van der Waals surface area contributed by atoms with Crippen molar-refractivity contribution in [3.8, 4) is 0 Å². The molecule has 6 heteroatoms. The summed E-state index contributed by atoms with van der Waals surface area (Å²) in [4.78, 5) is 10.9. The minimum absolute atomic E-state index is 0.111. The minimum atomic E-state index is -3.78. The first-order valence-corrected chi connectivity index (χ1v) is 6.67. The lowest BCUT2D eigenvalue weighted by molar-refractivity contribution is -0.139. The van der Waals surface area contributed by atoms with Crippen molar-refractivity contribution in [1.29, 1.82) is 0 Å². The van der Waals surface area contributed by atoms with Gasteiger partial charge >= 0.3 is 5.97 Å². The predicted octanol–water partition coefficient (Wildman–Crippen LogP) is 1.14. The number of aryl methyl sites for hydroxylation is 1. The largest absolute Gasteiger partial charge is 0.480 e. The van der Waals surface area contributed by atoms with E-state index >= 15 is 0 Å². The van der Waals surface area contributed by atoms with E-state index in [-0.39, 0.29) is 11.3 Å². The fourth-order valence-electron chi connectivity index (χ4n) is 1.42. The standard InChI is InChI=1S/C11H15NO4S/c1-3-9(11(13)14)12-17(15,16)10-7-5-4-6-8(10)2/h4-7,9,12H,3H2,1-2H3,(H,13,14)/t9-/m0/s1. The van der Waals surface area contributed by atoms with Crippen molar-refractivity contribution in [2.45, 2.75) is 31.2 Å². The Bertz CT molecular complexity index is 510. The summed E-state index contributed by atoms with van der Waals surface area (Å²) in [6, 6.07) is 5.34. The number of rotatable bonds is 5. The first-order chi connectivity index (χ1) is 7.88. The lowest BCUT2D eigenvalue weighted by Gasteiger charge is -2.13. The molecule has 0 bridgehead atoms. The molecule has 5 nitrogen and oxygen atoms in total. The lowest BCUT2D eigenvalue weighted by Crippen LogP contribution is -2.40. The third-order valence-electron chi connectivity index (χ3n) is 2.39. The van der Waals surface area contributed by atoms with Gasteiger partial charge in [0.2, 0.25) is 10.0 Å². The molecular weight excluding hydrogens is 242 g/mol. The van der Waals surface area contributed by atoms with Crippen molar-refractivity contribution >= 4 is 16.0 Å². The van der Waals surface area contributed by atoms with Crippen LogP contribution in [0.2, 0.25) is 0 Å². The SMILES string of the molecule is CC[C@H](NS(=O)(=O)c1ccccc1C)C(=O)O. The Morgan fingerprint density at radius 2 is 2.00 bits per heavy atom. The Labute approximate surface area is 101 Å². The van der Waals surface area contributed by atoms with Crippen LogP contribution in [0.4, 0.5) is 0 Å². The molecule has 1 atom stereocenters. The van der Waals surface area contributed by atoms with E-state index < -0.39 is 22.0 Å². The van der Waals surface area contributed by atoms with Gasteiger partial charge in [0.1, 0.15) is 6.04 Å². The number of sulfonamides is 1. The number of hydrogen-bond donors (Lipinski definition) is 2. The molecule has 17 heavy (non-hydrogen) atoms. The summed E-state index contributed by atoms with van der Waals surface area (Å²) in [5.74, 6) is -1.18. The average molecular weight is 257 g/mol. The number of carboxylic acids is 1. The van der Waals surface area contributed by atoms with Gasteiger partial charge in [-0.05, 0) is 25.0 Å². The average Bonchev–Trinajstić information content (AvgIpc) is 2.26. The molecule has 0 aliphatic heterocycles. The molecule has 0 aliphatic carbocycles. The molecule has 0 aromatic heterocycles. The Morgan fingerprint density at radius 3 is 2.47 bits per heavy atom. The summed E-state index contributed by atoms with van der Waals surface area (Å²) < 4.78 is 26.1. The van der Waals surface area contributed by atoms with Gasteiger partial charge in [0.15, 0.2) is 0 Å². The molecule has 0 aliphatic rings. The summed E-state index contributed by atoms with van der Waals surface area (Å²) >= 11 is 0. The van der Waals surface area contributed by atoms with Crippen LogP contribution in [0.5, 0.6) is 0 Å². The number of nitrogens with one attached hydrogen (secondary N) is 1. The first-order valence-electron chi connectivity index (χ1n) is 5.19. The van der Waals surface area contributed by atoms with E-state index in [0.717, 1.165) is 0 Å². The Kier molecular flexibility index (Phi) is 4.25. The van der Waals surface area contributed by atoms with E-state index in [9.17, 15) is 13.2 Å². The fraction of sp³-hybridized carbons (Fsp3) is 0.364. The lowest BCUT2D eigenvalue weighted by atomic mass is 10.2. The van der Waals surface area contributed by atoms with E-state index in [2.05, 4.69) is 4.72 Å². The topological polar surface area (TPSA) is 83.5 Å². The molecule has 0 spiro atoms. The van der Waals surface area contributed by atoms with E-state index in [1.807, 2.05) is 0 Å². The van der Waals surface area contributed by atoms with Crippen molar-refractivity contribution in [3.63, 3.8) is 0 Å². The van der Waals surface area contributed by atoms with Gasteiger partial charge in [0.05, 0.1) is 4.90 Å². The smallest absolute Gasteiger partial charge is 0.321 e. The van der Waals surface area contributed by atoms with Gasteiger partial charge in [0.25, 0.3) is 0 Å². The zero-order chi connectivity index (χ0) is 13.1. The van der Waals surface area contributed by atoms with Crippen LogP contribution in [-0.2, 0) is 14.8 Å². The summed E-state index contributed by atoms with van der Waals surface area (Å²) in [7, 11) is -3.78. The second-order valence-electron chi connectivity index (χ2n) is 3.69. The van der Waals surface area contributed by atoms with Crippen LogP contribution in [0.3, 0.4) is 0 Å². The van der Waals surface area contributed by atoms with E-state index in [1.54, 1.807) is 32.0 Å². The van der Waals surface area contributed by atoms with Gasteiger partial charge in [-0.15, -0.1) is 0 Å². The molecule has 2 N–H and O–H groups in total. The van der Waals surface area contributed by atoms with Crippen LogP contribution < -0.4 is 4.72 Å². The Hall–Kier alpha value is -1.40. The molecule has 0 fully saturated rings. The quantitative estimate of drug-likeness (QED) is 0.828. The molecule has 0 saturated heterocycles. The van der Waals surface area contributed by atoms with Crippen molar-refractivity contribution < 1.29 is 18.3 Å². The van der Waals surface area contributed by atoms with Gasteiger partial charge in [-0.2, -0.15) is 4.72 Å². The Balaban J connectivity index is 3.05. The van der Waals surface area contributed by atoms with Gasteiger partial charge in [0, 0.05) is 0 Å². The van der Waals surface area contributed by atoms with Gasteiger partial charge in [-0.3, -0.25) is 4.79 Å². The second-order valence-corrected chi connectivity index (χ2v) is 5.37. The highest BCUT2D eigenvalue weighted by Crippen LogP contribution is 2.14. The van der Waals surface area contributed by atoms with Crippen LogP contribution in [0.1, 0.15) is 18.9 Å². The third-order valence-corrected chi connectivity index (χ3v) is 4.02. The normalized spacial score (nSPS) is 13.3. The highest BCUT2D eigenvalue weighted by atomic mass is 32.2. The van der Waals surface area contributed by atoms with Crippen molar-refractivity contribution in [1.82, 2.24) is 4.72 Å². The van der Waals surface area contributed by atoms with Crippen LogP contribution in [0, 0.1) is 6.92 Å². The second kappa shape index (κ2) is 5.29. The van der Waals surface area contributed by atoms with Crippen molar-refractivity contribution in [3.05, 3.63) is 29.8 Å². The molecule has 0 saturated carbocycles. The van der Waals surface area contributed by atoms with E-state index in [1.165, 1.54) is 6.07 Å². The van der Waals surface area contributed by atoms with Crippen LogP contribution in [0.15, 0.2) is 29.2 Å². The minimum Gasteiger partial charge on any atom is -0.480 e. The zero-order valence-electron chi connectivity index (χ0n) is 9.67. The zero-order valence-corrected chi connectivity index (χ0v) is 10.5. The van der Waals surface area contributed by atoms with E-state index in [4.69, 9.17) is 5.11 Å². The van der Waals surface area contributed by atoms with Crippen LogP contribution in [-0.4, -0.2) is 25.5 Å². The van der Waals surface area contributed by atoms with Gasteiger partial charge in [-0.25, -0.2) is 8.42 Å². The summed E-state index contributed by atoms with van der Waals surface area (Å²) in [5, 5.41) is 8.83.